The Hall–Kier alpha value is -0.970. The van der Waals surface area contributed by atoms with Gasteiger partial charge in [-0.15, -0.1) is 0 Å². The normalized spacial score (nSPS) is 14.8. The van der Waals surface area contributed by atoms with E-state index in [9.17, 15) is 0 Å². The molecular weight excluding hydrogens is 232 g/mol. The third kappa shape index (κ3) is 3.03. The van der Waals surface area contributed by atoms with Crippen molar-refractivity contribution < 1.29 is 0 Å². The SMILES string of the molecule is CCCN(c1cc(NC)nc(SC)n1)C1CC1. The van der Waals surface area contributed by atoms with Crippen LogP contribution < -0.4 is 10.2 Å². The Kier molecular flexibility index (Phi) is 4.10. The van der Waals surface area contributed by atoms with Crippen molar-refractivity contribution in [3.05, 3.63) is 6.07 Å². The molecular formula is C12H20N4S. The van der Waals surface area contributed by atoms with E-state index in [2.05, 4.69) is 27.1 Å². The van der Waals surface area contributed by atoms with Gasteiger partial charge in [0, 0.05) is 25.7 Å². The molecule has 0 atom stereocenters. The van der Waals surface area contributed by atoms with Crippen LogP contribution in [0.1, 0.15) is 26.2 Å². The maximum Gasteiger partial charge on any atom is 0.191 e. The van der Waals surface area contributed by atoms with Crippen molar-refractivity contribution in [3.63, 3.8) is 0 Å². The summed E-state index contributed by atoms with van der Waals surface area (Å²) in [6, 6.07) is 2.75. The number of thioether (sulfide) groups is 1. The van der Waals surface area contributed by atoms with Crippen LogP contribution in [-0.2, 0) is 0 Å². The smallest absolute Gasteiger partial charge is 0.191 e. The van der Waals surface area contributed by atoms with E-state index in [4.69, 9.17) is 0 Å². The summed E-state index contributed by atoms with van der Waals surface area (Å²) in [4.78, 5) is 11.4. The molecule has 17 heavy (non-hydrogen) atoms. The predicted molar refractivity (Wildman–Crippen MR) is 74.0 cm³/mol. The van der Waals surface area contributed by atoms with Gasteiger partial charge in [-0.1, -0.05) is 18.7 Å². The zero-order valence-electron chi connectivity index (χ0n) is 10.7. The molecule has 1 aliphatic carbocycles. The van der Waals surface area contributed by atoms with Crippen LogP contribution in [-0.4, -0.2) is 35.9 Å². The summed E-state index contributed by atoms with van der Waals surface area (Å²) < 4.78 is 0. The highest BCUT2D eigenvalue weighted by atomic mass is 32.2. The van der Waals surface area contributed by atoms with Crippen molar-refractivity contribution >= 4 is 23.4 Å². The molecule has 1 aromatic heterocycles. The molecule has 0 bridgehead atoms. The van der Waals surface area contributed by atoms with Gasteiger partial charge in [0.1, 0.15) is 11.6 Å². The van der Waals surface area contributed by atoms with Gasteiger partial charge in [0.2, 0.25) is 0 Å². The molecule has 0 amide bonds. The average Bonchev–Trinajstić information content (AvgIpc) is 3.19. The zero-order chi connectivity index (χ0) is 12.3. The summed E-state index contributed by atoms with van der Waals surface area (Å²) in [7, 11) is 1.90. The lowest BCUT2D eigenvalue weighted by atomic mass is 10.3. The van der Waals surface area contributed by atoms with Crippen LogP contribution in [0.3, 0.4) is 0 Å². The third-order valence-electron chi connectivity index (χ3n) is 2.88. The fourth-order valence-corrected chi connectivity index (χ4v) is 2.27. The summed E-state index contributed by atoms with van der Waals surface area (Å²) >= 11 is 1.59. The Morgan fingerprint density at radius 3 is 2.76 bits per heavy atom. The molecule has 1 aliphatic rings. The molecule has 1 aromatic rings. The molecule has 2 rings (SSSR count). The number of nitrogens with zero attached hydrogens (tertiary/aromatic N) is 3. The number of nitrogens with one attached hydrogen (secondary N) is 1. The van der Waals surface area contributed by atoms with E-state index < -0.39 is 0 Å². The Labute approximate surface area is 107 Å². The van der Waals surface area contributed by atoms with Gasteiger partial charge < -0.3 is 10.2 Å². The Morgan fingerprint density at radius 1 is 1.47 bits per heavy atom. The van der Waals surface area contributed by atoms with Crippen LogP contribution in [0.4, 0.5) is 11.6 Å². The van der Waals surface area contributed by atoms with Gasteiger partial charge in [0.25, 0.3) is 0 Å². The first kappa shape index (κ1) is 12.5. The van der Waals surface area contributed by atoms with Gasteiger partial charge in [-0.3, -0.25) is 0 Å². The summed E-state index contributed by atoms with van der Waals surface area (Å²) in [6.45, 7) is 3.30. The number of hydrogen-bond donors (Lipinski definition) is 1. The highest BCUT2D eigenvalue weighted by Crippen LogP contribution is 2.32. The second kappa shape index (κ2) is 5.58. The molecule has 0 saturated heterocycles. The first-order valence-electron chi connectivity index (χ1n) is 6.16. The van der Waals surface area contributed by atoms with Crippen molar-refractivity contribution in [1.29, 1.82) is 0 Å². The molecule has 0 spiro atoms. The lowest BCUT2D eigenvalue weighted by Crippen LogP contribution is -2.27. The van der Waals surface area contributed by atoms with Crippen LogP contribution in [0.5, 0.6) is 0 Å². The van der Waals surface area contributed by atoms with Gasteiger partial charge in [-0.25, -0.2) is 9.97 Å². The molecule has 1 saturated carbocycles. The lowest BCUT2D eigenvalue weighted by molar-refractivity contribution is 0.739. The molecule has 94 valence electrons. The van der Waals surface area contributed by atoms with E-state index in [0.29, 0.717) is 6.04 Å². The number of aromatic nitrogens is 2. The fourth-order valence-electron chi connectivity index (χ4n) is 1.89. The highest BCUT2D eigenvalue weighted by molar-refractivity contribution is 7.98. The van der Waals surface area contributed by atoms with Crippen molar-refractivity contribution in [1.82, 2.24) is 9.97 Å². The van der Waals surface area contributed by atoms with Crippen LogP contribution >= 0.6 is 11.8 Å². The van der Waals surface area contributed by atoms with E-state index in [1.54, 1.807) is 11.8 Å². The molecule has 0 aliphatic heterocycles. The molecule has 0 unspecified atom stereocenters. The van der Waals surface area contributed by atoms with Crippen molar-refractivity contribution in [2.45, 2.75) is 37.4 Å². The van der Waals surface area contributed by atoms with Gasteiger partial charge in [0.15, 0.2) is 5.16 Å². The van der Waals surface area contributed by atoms with Gasteiger partial charge in [0.05, 0.1) is 0 Å². The van der Waals surface area contributed by atoms with Crippen LogP contribution in [0.15, 0.2) is 11.2 Å². The molecule has 1 fully saturated rings. The minimum absolute atomic E-state index is 0.698. The molecule has 1 heterocycles. The third-order valence-corrected chi connectivity index (χ3v) is 3.42. The van der Waals surface area contributed by atoms with Crippen LogP contribution in [0.2, 0.25) is 0 Å². The van der Waals surface area contributed by atoms with E-state index in [1.165, 1.54) is 12.8 Å². The Morgan fingerprint density at radius 2 is 2.24 bits per heavy atom. The zero-order valence-corrected chi connectivity index (χ0v) is 11.5. The lowest BCUT2D eigenvalue weighted by Gasteiger charge is -2.23. The summed E-state index contributed by atoms with van der Waals surface area (Å²) in [5.41, 5.74) is 0. The van der Waals surface area contributed by atoms with Gasteiger partial charge in [-0.2, -0.15) is 0 Å². The fraction of sp³-hybridized carbons (Fsp3) is 0.667. The van der Waals surface area contributed by atoms with E-state index in [1.807, 2.05) is 19.4 Å². The number of anilines is 2. The first-order valence-corrected chi connectivity index (χ1v) is 7.38. The summed E-state index contributed by atoms with van der Waals surface area (Å²) in [6.07, 6.45) is 5.77. The maximum atomic E-state index is 4.62. The maximum absolute atomic E-state index is 4.62. The number of hydrogen-bond acceptors (Lipinski definition) is 5. The second-order valence-corrected chi connectivity index (χ2v) is 5.05. The van der Waals surface area contributed by atoms with Crippen LogP contribution in [0, 0.1) is 0 Å². The molecule has 0 aromatic carbocycles. The van der Waals surface area contributed by atoms with Crippen molar-refractivity contribution in [2.75, 3.05) is 30.1 Å². The predicted octanol–water partition coefficient (Wildman–Crippen LogP) is 2.62. The molecule has 0 radical (unpaired) electrons. The van der Waals surface area contributed by atoms with E-state index >= 15 is 0 Å². The van der Waals surface area contributed by atoms with E-state index in [0.717, 1.165) is 29.8 Å². The first-order chi connectivity index (χ1) is 8.28. The largest absolute Gasteiger partial charge is 0.373 e. The summed E-state index contributed by atoms with van der Waals surface area (Å²) in [5, 5.41) is 3.95. The molecule has 5 heteroatoms. The Balaban J connectivity index is 2.27. The number of rotatable bonds is 6. The highest BCUT2D eigenvalue weighted by Gasteiger charge is 2.29. The standard InChI is InChI=1S/C12H20N4S/c1-4-7-16(9-5-6-9)11-8-10(13-2)14-12(15-11)17-3/h8-9H,4-7H2,1-3H3,(H,13,14,15). The summed E-state index contributed by atoms with van der Waals surface area (Å²) in [5.74, 6) is 1.97. The Bertz CT molecular complexity index is 357. The average molecular weight is 252 g/mol. The minimum Gasteiger partial charge on any atom is -0.373 e. The van der Waals surface area contributed by atoms with Crippen molar-refractivity contribution in [2.24, 2.45) is 0 Å². The topological polar surface area (TPSA) is 41.0 Å². The second-order valence-electron chi connectivity index (χ2n) is 4.27. The monoisotopic (exact) mass is 252 g/mol. The van der Waals surface area contributed by atoms with Gasteiger partial charge in [-0.05, 0) is 25.5 Å². The van der Waals surface area contributed by atoms with Gasteiger partial charge >= 0.3 is 0 Å². The van der Waals surface area contributed by atoms with Crippen molar-refractivity contribution in [3.8, 4) is 0 Å². The van der Waals surface area contributed by atoms with E-state index in [-0.39, 0.29) is 0 Å². The molecule has 1 N–H and O–H groups in total. The quantitative estimate of drug-likeness (QED) is 0.622. The van der Waals surface area contributed by atoms with Crippen LogP contribution in [0.25, 0.3) is 0 Å². The molecule has 4 nitrogen and oxygen atoms in total. The minimum atomic E-state index is 0.698.